The molecule has 234 valence electrons. The van der Waals surface area contributed by atoms with Gasteiger partial charge in [-0.3, -0.25) is 14.4 Å². The molecule has 1 heterocycles. The fraction of sp³-hybridized carbons (Fsp3) is 0.200. The van der Waals surface area contributed by atoms with E-state index < -0.39 is 81.2 Å². The van der Waals surface area contributed by atoms with Crippen LogP contribution in [-0.4, -0.2) is 26.2 Å². The number of Topliss-reactive ketones (excluding diaryl/α,β-unsaturated/α-hetero) is 2. The second-order valence-corrected chi connectivity index (χ2v) is 12.8. The van der Waals surface area contributed by atoms with Crippen molar-refractivity contribution in [2.45, 2.75) is 29.3 Å². The van der Waals surface area contributed by atoms with Crippen LogP contribution >= 0.6 is 46.3 Å². The second-order valence-electron chi connectivity index (χ2n) is 10.1. The fourth-order valence-electron chi connectivity index (χ4n) is 4.88. The van der Waals surface area contributed by atoms with Crippen LogP contribution in [0, 0.1) is 23.4 Å². The Balaban J connectivity index is 1.32. The summed E-state index contributed by atoms with van der Waals surface area (Å²) in [5.74, 6) is -7.94. The van der Waals surface area contributed by atoms with Crippen LogP contribution in [-0.2, 0) is 23.8 Å². The van der Waals surface area contributed by atoms with E-state index in [0.717, 1.165) is 29.7 Å². The highest BCUT2D eigenvalue weighted by Gasteiger charge is 2.67. The molecule has 3 aromatic carbocycles. The molecule has 45 heavy (non-hydrogen) atoms. The zero-order chi connectivity index (χ0) is 32.8. The number of benzene rings is 3. The lowest BCUT2D eigenvalue weighted by molar-refractivity contribution is -0.140. The predicted molar refractivity (Wildman–Crippen MR) is 157 cm³/mol. The van der Waals surface area contributed by atoms with Crippen LogP contribution in [0.2, 0.25) is 5.02 Å². The van der Waals surface area contributed by atoms with Gasteiger partial charge in [0.1, 0.15) is 21.8 Å². The average Bonchev–Trinajstić information content (AvgIpc) is 3.27. The molecule has 4 aromatic rings. The van der Waals surface area contributed by atoms with Crippen molar-refractivity contribution in [3.8, 4) is 0 Å². The van der Waals surface area contributed by atoms with Gasteiger partial charge in [0, 0.05) is 41.8 Å². The van der Waals surface area contributed by atoms with E-state index >= 15 is 4.39 Å². The third kappa shape index (κ3) is 6.74. The number of hydrogen-bond acceptors (Lipinski definition) is 5. The summed E-state index contributed by atoms with van der Waals surface area (Å²) in [6.45, 7) is 0. The molecule has 2 atom stereocenters. The largest absolute Gasteiger partial charge is 0.419 e. The lowest BCUT2D eigenvalue weighted by atomic mass is 9.97. The number of rotatable bonds is 9. The Morgan fingerprint density at radius 3 is 2.29 bits per heavy atom. The van der Waals surface area contributed by atoms with Gasteiger partial charge in [0.05, 0.1) is 21.4 Å². The van der Waals surface area contributed by atoms with Gasteiger partial charge in [-0.1, -0.05) is 23.7 Å². The molecule has 0 aliphatic heterocycles. The van der Waals surface area contributed by atoms with E-state index in [4.69, 9.17) is 34.8 Å². The van der Waals surface area contributed by atoms with Crippen molar-refractivity contribution in [3.05, 3.63) is 116 Å². The molecule has 5 rings (SSSR count). The number of aromatic nitrogens is 1. The van der Waals surface area contributed by atoms with Gasteiger partial charge in [0.15, 0.2) is 11.6 Å². The van der Waals surface area contributed by atoms with Crippen molar-refractivity contribution in [1.29, 1.82) is 0 Å². The van der Waals surface area contributed by atoms with E-state index in [-0.39, 0.29) is 32.3 Å². The maximum absolute atomic E-state index is 15.3. The summed E-state index contributed by atoms with van der Waals surface area (Å²) < 4.78 is 85.1. The average molecular weight is 706 g/mol. The van der Waals surface area contributed by atoms with E-state index in [1.807, 2.05) is 0 Å². The van der Waals surface area contributed by atoms with Crippen molar-refractivity contribution in [3.63, 3.8) is 0 Å². The summed E-state index contributed by atoms with van der Waals surface area (Å²) in [7, 11) is 0. The van der Waals surface area contributed by atoms with Crippen LogP contribution in [0.1, 0.15) is 48.2 Å². The van der Waals surface area contributed by atoms with E-state index in [1.165, 1.54) is 30.5 Å². The third-order valence-electron chi connectivity index (χ3n) is 7.19. The molecular formula is C30H17Cl3F6N2O3S. The van der Waals surface area contributed by atoms with Gasteiger partial charge >= 0.3 is 6.18 Å². The van der Waals surface area contributed by atoms with Crippen molar-refractivity contribution in [2.24, 2.45) is 5.92 Å². The molecule has 0 saturated heterocycles. The zero-order valence-corrected chi connectivity index (χ0v) is 25.4. The third-order valence-corrected chi connectivity index (χ3v) is 9.25. The number of alkyl halides is 5. The van der Waals surface area contributed by atoms with Crippen molar-refractivity contribution in [2.75, 3.05) is 5.32 Å². The number of carbonyl (C=O) groups is 3. The monoisotopic (exact) mass is 704 g/mol. The van der Waals surface area contributed by atoms with E-state index in [0.29, 0.717) is 12.1 Å². The molecule has 1 aliphatic rings. The summed E-state index contributed by atoms with van der Waals surface area (Å²) in [4.78, 5) is 38.8. The van der Waals surface area contributed by atoms with Crippen LogP contribution in [0.25, 0.3) is 0 Å². The zero-order valence-electron chi connectivity index (χ0n) is 22.3. The van der Waals surface area contributed by atoms with Gasteiger partial charge in [-0.2, -0.15) is 13.2 Å². The highest BCUT2D eigenvalue weighted by Crippen LogP contribution is 2.65. The van der Waals surface area contributed by atoms with Gasteiger partial charge < -0.3 is 5.32 Å². The van der Waals surface area contributed by atoms with Crippen molar-refractivity contribution in [1.82, 2.24) is 4.37 Å². The number of ketones is 2. The number of amides is 1. The molecule has 0 unspecified atom stereocenters. The molecule has 0 bridgehead atoms. The Labute approximate surface area is 270 Å². The topological polar surface area (TPSA) is 76.1 Å². The summed E-state index contributed by atoms with van der Waals surface area (Å²) in [5.41, 5.74) is -2.45. The standard InChI is InChI=1S/C30H17Cl3F6N2O3S/c31-19-4-3-15(41-28(44)26-25(29(26,32)33)13-1-6-21(35)18(9-13)30(37,38)39)11-16(19)22(42)10-14-2-5-20(34)17(27(14)36)12-23(43)24-7-8-40-45-24/h1-9,11,25-26H,10,12H2,(H,41,44)/t25-,26+/m0/s1. The van der Waals surface area contributed by atoms with Crippen LogP contribution in [0.3, 0.4) is 0 Å². The van der Waals surface area contributed by atoms with Crippen LogP contribution in [0.15, 0.2) is 60.8 Å². The number of halogens is 9. The second kappa shape index (κ2) is 12.4. The molecule has 1 amide bonds. The molecule has 0 spiro atoms. The van der Waals surface area contributed by atoms with Gasteiger partial charge in [-0.25, -0.2) is 17.5 Å². The normalized spacial score (nSPS) is 17.2. The molecule has 1 N–H and O–H groups in total. The molecule has 1 saturated carbocycles. The minimum atomic E-state index is -4.99. The SMILES string of the molecule is O=C(Cc1c(F)ccc(CC(=O)c2cc(NC(=O)[C@H]3[C@H](c4ccc(F)c(C(F)(F)F)c4)C3(Cl)Cl)ccc2Cl)c1F)c1ccns1. The summed E-state index contributed by atoms with van der Waals surface area (Å²) in [6, 6.07) is 9.43. The maximum Gasteiger partial charge on any atom is 0.419 e. The van der Waals surface area contributed by atoms with Gasteiger partial charge in [0.2, 0.25) is 5.91 Å². The first kappa shape index (κ1) is 32.9. The molecular weight excluding hydrogens is 689 g/mol. The molecule has 1 fully saturated rings. The Morgan fingerprint density at radius 2 is 1.62 bits per heavy atom. The first-order valence-corrected chi connectivity index (χ1v) is 14.8. The van der Waals surface area contributed by atoms with Crippen molar-refractivity contribution < 1.29 is 40.7 Å². The summed E-state index contributed by atoms with van der Waals surface area (Å²) in [6.07, 6.45) is -4.78. The van der Waals surface area contributed by atoms with Crippen LogP contribution in [0.4, 0.5) is 32.0 Å². The minimum Gasteiger partial charge on any atom is -0.326 e. The Hall–Kier alpha value is -3.45. The number of nitrogens with one attached hydrogen (secondary N) is 1. The highest BCUT2D eigenvalue weighted by molar-refractivity contribution is 7.08. The lowest BCUT2D eigenvalue weighted by Gasteiger charge is -2.11. The molecule has 0 radical (unpaired) electrons. The quantitative estimate of drug-likeness (QED) is 0.108. The van der Waals surface area contributed by atoms with E-state index in [1.54, 1.807) is 0 Å². The minimum absolute atomic E-state index is 0.0352. The molecule has 1 aromatic heterocycles. The predicted octanol–water partition coefficient (Wildman–Crippen LogP) is 8.61. The molecule has 1 aliphatic carbocycles. The summed E-state index contributed by atoms with van der Waals surface area (Å²) in [5, 5.41) is 2.43. The Morgan fingerprint density at radius 1 is 0.911 bits per heavy atom. The lowest BCUT2D eigenvalue weighted by Crippen LogP contribution is -2.17. The number of carbonyl (C=O) groups excluding carboxylic acids is 3. The van der Waals surface area contributed by atoms with Crippen LogP contribution < -0.4 is 5.32 Å². The Bertz CT molecular complexity index is 1830. The highest BCUT2D eigenvalue weighted by atomic mass is 35.5. The molecule has 5 nitrogen and oxygen atoms in total. The maximum atomic E-state index is 15.3. The number of hydrogen-bond donors (Lipinski definition) is 1. The summed E-state index contributed by atoms with van der Waals surface area (Å²) >= 11 is 19.6. The first-order chi connectivity index (χ1) is 21.1. The fourth-order valence-corrected chi connectivity index (χ4v) is 6.46. The number of anilines is 1. The Kier molecular flexibility index (Phi) is 9.07. The molecule has 15 heteroatoms. The van der Waals surface area contributed by atoms with Crippen LogP contribution in [0.5, 0.6) is 0 Å². The number of nitrogens with zero attached hydrogens (tertiary/aromatic N) is 1. The smallest absolute Gasteiger partial charge is 0.326 e. The van der Waals surface area contributed by atoms with Crippen molar-refractivity contribution >= 4 is 69.5 Å². The van der Waals surface area contributed by atoms with Gasteiger partial charge in [-0.15, -0.1) is 23.2 Å². The van der Waals surface area contributed by atoms with E-state index in [9.17, 15) is 36.3 Å². The van der Waals surface area contributed by atoms with Gasteiger partial charge in [0.25, 0.3) is 0 Å². The van der Waals surface area contributed by atoms with Gasteiger partial charge in [-0.05, 0) is 65.1 Å². The first-order valence-electron chi connectivity index (χ1n) is 12.9. The van der Waals surface area contributed by atoms with E-state index in [2.05, 4.69) is 9.69 Å².